The molecule has 0 bridgehead atoms. The van der Waals surface area contributed by atoms with Crippen molar-refractivity contribution < 1.29 is 39.8 Å². The van der Waals surface area contributed by atoms with Gasteiger partial charge in [-0.05, 0) is 64.2 Å². The van der Waals surface area contributed by atoms with Crippen molar-refractivity contribution in [3.05, 3.63) is 48.6 Å². The fourth-order valence-electron chi connectivity index (χ4n) is 7.05. The molecule has 0 aromatic rings. The first-order valence-electron chi connectivity index (χ1n) is 23.4. The first-order chi connectivity index (χ1) is 27.8. The van der Waals surface area contributed by atoms with Crippen molar-refractivity contribution in [2.24, 2.45) is 0 Å². The van der Waals surface area contributed by atoms with Crippen LogP contribution < -0.4 is 5.32 Å². The maximum Gasteiger partial charge on any atom is 0.220 e. The molecule has 1 fully saturated rings. The summed E-state index contributed by atoms with van der Waals surface area (Å²) >= 11 is 0. The third kappa shape index (κ3) is 29.1. The maximum absolute atomic E-state index is 12.9. The molecule has 6 N–H and O–H groups in total. The van der Waals surface area contributed by atoms with Crippen LogP contribution in [0.25, 0.3) is 0 Å². The standard InChI is InChI=1S/C48H87NO8/c1-3-5-7-9-11-13-15-17-18-19-20-21-22-23-24-25-26-28-30-32-34-36-38-44(52)49-41(40-56-48-47(55)46(54)45(53)43(39-50)57-48)42(51)37-35-33-31-29-27-16-14-12-10-8-6-4-2/h10,12,22-23,27,29,35,37,41-43,45-48,50-51,53-55H,3-9,11,13-21,24-26,28,30-34,36,38-40H2,1-2H3,(H,49,52)/b12-10+,23-22-,29-27+,37-35+. The van der Waals surface area contributed by atoms with Gasteiger partial charge in [0.2, 0.25) is 5.91 Å². The topological polar surface area (TPSA) is 149 Å². The lowest BCUT2D eigenvalue weighted by molar-refractivity contribution is -0.302. The van der Waals surface area contributed by atoms with E-state index in [4.69, 9.17) is 9.47 Å². The van der Waals surface area contributed by atoms with Crippen LogP contribution in [-0.2, 0) is 14.3 Å². The molecule has 0 saturated carbocycles. The lowest BCUT2D eigenvalue weighted by atomic mass is 9.99. The Morgan fingerprint density at radius 2 is 1.02 bits per heavy atom. The van der Waals surface area contributed by atoms with E-state index in [1.165, 1.54) is 109 Å². The molecular weight excluding hydrogens is 719 g/mol. The zero-order valence-corrected chi connectivity index (χ0v) is 36.3. The number of carbonyl (C=O) groups excluding carboxylic acids is 1. The molecule has 1 amide bonds. The minimum absolute atomic E-state index is 0.198. The minimum atomic E-state index is -1.57. The van der Waals surface area contributed by atoms with E-state index in [1.807, 2.05) is 6.08 Å². The Kier molecular flexibility index (Phi) is 35.8. The van der Waals surface area contributed by atoms with Gasteiger partial charge in [0.15, 0.2) is 6.29 Å². The van der Waals surface area contributed by atoms with Crippen molar-refractivity contribution in [1.29, 1.82) is 0 Å². The summed E-state index contributed by atoms with van der Waals surface area (Å²) in [5.74, 6) is -0.198. The highest BCUT2D eigenvalue weighted by atomic mass is 16.7. The Morgan fingerprint density at radius 1 is 0.579 bits per heavy atom. The number of rotatable bonds is 38. The molecule has 0 radical (unpaired) electrons. The van der Waals surface area contributed by atoms with Crippen LogP contribution in [-0.4, -0.2) is 87.5 Å². The van der Waals surface area contributed by atoms with Crippen molar-refractivity contribution in [2.75, 3.05) is 13.2 Å². The van der Waals surface area contributed by atoms with Gasteiger partial charge in [-0.1, -0.05) is 172 Å². The Balaban J connectivity index is 2.32. The first kappa shape index (κ1) is 53.2. The molecule has 1 aliphatic rings. The number of ether oxygens (including phenoxy) is 2. The first-order valence-corrected chi connectivity index (χ1v) is 23.4. The zero-order chi connectivity index (χ0) is 41.6. The van der Waals surface area contributed by atoms with E-state index >= 15 is 0 Å². The van der Waals surface area contributed by atoms with E-state index in [0.29, 0.717) is 6.42 Å². The SMILES string of the molecule is CCCC/C=C/CC/C=C/CC/C=C/C(O)C(COC1OC(CO)C(O)C(O)C1O)NC(=O)CCCCCCCCC/C=C\CCCCCCCCCCCCC. The van der Waals surface area contributed by atoms with E-state index in [0.717, 1.165) is 64.2 Å². The normalized spacial score (nSPS) is 21.4. The van der Waals surface area contributed by atoms with Crippen LogP contribution in [0.1, 0.15) is 194 Å². The van der Waals surface area contributed by atoms with Gasteiger partial charge >= 0.3 is 0 Å². The van der Waals surface area contributed by atoms with Crippen LogP contribution in [0.3, 0.4) is 0 Å². The number of hydrogen-bond donors (Lipinski definition) is 6. The third-order valence-electron chi connectivity index (χ3n) is 10.9. The predicted molar refractivity (Wildman–Crippen MR) is 235 cm³/mol. The quantitative estimate of drug-likeness (QED) is 0.0267. The molecular formula is C48H87NO8. The Bertz CT molecular complexity index is 1030. The Labute approximate surface area is 348 Å². The summed E-state index contributed by atoms with van der Waals surface area (Å²) in [4.78, 5) is 12.9. The molecule has 332 valence electrons. The number of aliphatic hydroxyl groups is 5. The molecule has 7 atom stereocenters. The predicted octanol–water partition coefficient (Wildman–Crippen LogP) is 9.84. The lowest BCUT2D eigenvalue weighted by Crippen LogP contribution is -2.60. The minimum Gasteiger partial charge on any atom is -0.394 e. The van der Waals surface area contributed by atoms with Crippen molar-refractivity contribution in [2.45, 2.75) is 236 Å². The number of allylic oxidation sites excluding steroid dienone is 7. The van der Waals surface area contributed by atoms with Crippen LogP contribution >= 0.6 is 0 Å². The summed E-state index contributed by atoms with van der Waals surface area (Å²) in [6.07, 6.45) is 41.6. The third-order valence-corrected chi connectivity index (χ3v) is 10.9. The molecule has 0 spiro atoms. The number of hydrogen-bond acceptors (Lipinski definition) is 8. The fourth-order valence-corrected chi connectivity index (χ4v) is 7.05. The number of unbranched alkanes of at least 4 members (excludes halogenated alkanes) is 22. The maximum atomic E-state index is 12.9. The number of aliphatic hydroxyl groups excluding tert-OH is 5. The highest BCUT2D eigenvalue weighted by Gasteiger charge is 2.44. The molecule has 7 unspecified atom stereocenters. The number of carbonyl (C=O) groups is 1. The van der Waals surface area contributed by atoms with E-state index < -0.39 is 49.5 Å². The van der Waals surface area contributed by atoms with Gasteiger partial charge in [-0.15, -0.1) is 0 Å². The Hall–Kier alpha value is -1.85. The van der Waals surface area contributed by atoms with Crippen molar-refractivity contribution in [3.63, 3.8) is 0 Å². The fraction of sp³-hybridized carbons (Fsp3) is 0.812. The van der Waals surface area contributed by atoms with Gasteiger partial charge in [0.1, 0.15) is 24.4 Å². The number of nitrogens with one attached hydrogen (secondary N) is 1. The van der Waals surface area contributed by atoms with Crippen LogP contribution in [0.15, 0.2) is 48.6 Å². The van der Waals surface area contributed by atoms with Gasteiger partial charge in [0.25, 0.3) is 0 Å². The van der Waals surface area contributed by atoms with Crippen molar-refractivity contribution in [3.8, 4) is 0 Å². The highest BCUT2D eigenvalue weighted by molar-refractivity contribution is 5.76. The van der Waals surface area contributed by atoms with Gasteiger partial charge in [-0.25, -0.2) is 0 Å². The molecule has 9 nitrogen and oxygen atoms in total. The summed E-state index contributed by atoms with van der Waals surface area (Å²) in [6.45, 7) is 3.69. The summed E-state index contributed by atoms with van der Waals surface area (Å²) < 4.78 is 11.2. The second kappa shape index (κ2) is 38.4. The van der Waals surface area contributed by atoms with Gasteiger partial charge in [-0.2, -0.15) is 0 Å². The van der Waals surface area contributed by atoms with Gasteiger partial charge < -0.3 is 40.3 Å². The second-order valence-electron chi connectivity index (χ2n) is 16.2. The molecule has 0 aromatic carbocycles. The lowest BCUT2D eigenvalue weighted by Gasteiger charge is -2.40. The molecule has 0 aromatic heterocycles. The van der Waals surface area contributed by atoms with Crippen LogP contribution in [0, 0.1) is 0 Å². The Morgan fingerprint density at radius 3 is 1.53 bits per heavy atom. The summed E-state index contributed by atoms with van der Waals surface area (Å²) in [5.41, 5.74) is 0. The summed E-state index contributed by atoms with van der Waals surface area (Å²) in [7, 11) is 0. The van der Waals surface area contributed by atoms with E-state index in [2.05, 4.69) is 55.6 Å². The molecule has 1 saturated heterocycles. The molecule has 0 aliphatic carbocycles. The summed E-state index contributed by atoms with van der Waals surface area (Å²) in [5, 5.41) is 54.1. The van der Waals surface area contributed by atoms with Gasteiger partial charge in [0.05, 0.1) is 25.4 Å². The van der Waals surface area contributed by atoms with Crippen LogP contribution in [0.5, 0.6) is 0 Å². The molecule has 57 heavy (non-hydrogen) atoms. The average Bonchev–Trinajstić information content (AvgIpc) is 3.21. The summed E-state index contributed by atoms with van der Waals surface area (Å²) in [6, 6.07) is -0.829. The smallest absolute Gasteiger partial charge is 0.220 e. The van der Waals surface area contributed by atoms with Crippen LogP contribution in [0.4, 0.5) is 0 Å². The molecule has 1 heterocycles. The highest BCUT2D eigenvalue weighted by Crippen LogP contribution is 2.22. The average molecular weight is 806 g/mol. The van der Waals surface area contributed by atoms with E-state index in [-0.39, 0.29) is 12.5 Å². The monoisotopic (exact) mass is 806 g/mol. The van der Waals surface area contributed by atoms with E-state index in [9.17, 15) is 30.3 Å². The molecule has 1 rings (SSSR count). The van der Waals surface area contributed by atoms with Crippen LogP contribution in [0.2, 0.25) is 0 Å². The van der Waals surface area contributed by atoms with Crippen molar-refractivity contribution in [1.82, 2.24) is 5.32 Å². The second-order valence-corrected chi connectivity index (χ2v) is 16.2. The van der Waals surface area contributed by atoms with E-state index in [1.54, 1.807) is 6.08 Å². The molecule has 1 aliphatic heterocycles. The van der Waals surface area contributed by atoms with Gasteiger partial charge in [-0.3, -0.25) is 4.79 Å². The number of amides is 1. The zero-order valence-electron chi connectivity index (χ0n) is 36.3. The van der Waals surface area contributed by atoms with Gasteiger partial charge in [0, 0.05) is 6.42 Å². The largest absolute Gasteiger partial charge is 0.394 e. The van der Waals surface area contributed by atoms with Crippen molar-refractivity contribution >= 4 is 5.91 Å². The molecule has 9 heteroatoms.